The van der Waals surface area contributed by atoms with Gasteiger partial charge in [-0.05, 0) is 23.9 Å². The van der Waals surface area contributed by atoms with Crippen LogP contribution in [0.4, 0.5) is 0 Å². The number of carbonyl (C=O) groups is 1. The summed E-state index contributed by atoms with van der Waals surface area (Å²) in [6.07, 6.45) is 1.10. The number of aromatic nitrogens is 1. The van der Waals surface area contributed by atoms with Crippen LogP contribution in [0.25, 0.3) is 10.9 Å². The first-order valence-corrected chi connectivity index (χ1v) is 6.66. The van der Waals surface area contributed by atoms with Crippen LogP contribution in [0.5, 0.6) is 0 Å². The summed E-state index contributed by atoms with van der Waals surface area (Å²) in [4.78, 5) is 23.9. The minimum absolute atomic E-state index is 0.0993. The normalized spacial score (nSPS) is 12.5. The second-order valence-corrected chi connectivity index (χ2v) is 4.75. The third-order valence-corrected chi connectivity index (χ3v) is 3.40. The van der Waals surface area contributed by atoms with Crippen molar-refractivity contribution in [2.45, 2.75) is 32.4 Å². The van der Waals surface area contributed by atoms with Crippen LogP contribution in [0.2, 0.25) is 0 Å². The van der Waals surface area contributed by atoms with Crippen molar-refractivity contribution >= 4 is 16.9 Å². The highest BCUT2D eigenvalue weighted by atomic mass is 16.4. The molecule has 0 radical (unpaired) electrons. The number of benzene rings is 1. The average Bonchev–Trinajstić information content (AvgIpc) is 2.44. The standard InChI is InChI=1S/C15H18N2O3/c1-2-5-13(15(19)20)17-12-7-4-3-6-10(12)8-11(9-16)14(17)18/h3-4,6-8,13H,2,5,9,16H2,1H3,(H,19,20). The Hall–Kier alpha value is -2.14. The van der Waals surface area contributed by atoms with Gasteiger partial charge >= 0.3 is 5.97 Å². The molecule has 0 amide bonds. The molecule has 0 aliphatic heterocycles. The lowest BCUT2D eigenvalue weighted by Crippen LogP contribution is -2.32. The van der Waals surface area contributed by atoms with E-state index in [1.807, 2.05) is 19.1 Å². The van der Waals surface area contributed by atoms with Gasteiger partial charge in [0, 0.05) is 12.1 Å². The van der Waals surface area contributed by atoms with E-state index in [1.54, 1.807) is 18.2 Å². The van der Waals surface area contributed by atoms with E-state index in [9.17, 15) is 14.7 Å². The fourth-order valence-electron chi connectivity index (χ4n) is 2.43. The lowest BCUT2D eigenvalue weighted by molar-refractivity contribution is -0.141. The lowest BCUT2D eigenvalue weighted by atomic mass is 10.1. The minimum Gasteiger partial charge on any atom is -0.480 e. The Morgan fingerprint density at radius 1 is 1.40 bits per heavy atom. The van der Waals surface area contributed by atoms with E-state index in [0.717, 1.165) is 5.39 Å². The topological polar surface area (TPSA) is 85.3 Å². The second-order valence-electron chi connectivity index (χ2n) is 4.75. The van der Waals surface area contributed by atoms with Gasteiger partial charge in [-0.3, -0.25) is 9.36 Å². The Balaban J connectivity index is 2.80. The summed E-state index contributed by atoms with van der Waals surface area (Å²) >= 11 is 0. The van der Waals surface area contributed by atoms with E-state index in [4.69, 9.17) is 5.73 Å². The van der Waals surface area contributed by atoms with Gasteiger partial charge in [0.25, 0.3) is 5.56 Å². The predicted molar refractivity (Wildman–Crippen MR) is 77.7 cm³/mol. The Labute approximate surface area is 116 Å². The summed E-state index contributed by atoms with van der Waals surface area (Å²) in [5.41, 5.74) is 6.36. The van der Waals surface area contributed by atoms with Gasteiger partial charge < -0.3 is 10.8 Å². The van der Waals surface area contributed by atoms with E-state index in [-0.39, 0.29) is 12.1 Å². The van der Waals surface area contributed by atoms with Crippen LogP contribution in [0.3, 0.4) is 0 Å². The van der Waals surface area contributed by atoms with Crippen LogP contribution in [-0.2, 0) is 11.3 Å². The number of fused-ring (bicyclic) bond motifs is 1. The molecule has 0 saturated heterocycles. The van der Waals surface area contributed by atoms with Crippen LogP contribution in [0.15, 0.2) is 35.1 Å². The Morgan fingerprint density at radius 2 is 2.10 bits per heavy atom. The quantitative estimate of drug-likeness (QED) is 0.871. The molecule has 1 aromatic heterocycles. The average molecular weight is 274 g/mol. The Morgan fingerprint density at radius 3 is 2.70 bits per heavy atom. The third-order valence-electron chi connectivity index (χ3n) is 3.40. The minimum atomic E-state index is -0.992. The molecule has 5 nitrogen and oxygen atoms in total. The van der Waals surface area contributed by atoms with Crippen molar-refractivity contribution in [3.8, 4) is 0 Å². The van der Waals surface area contributed by atoms with Crippen molar-refractivity contribution in [2.75, 3.05) is 0 Å². The first-order chi connectivity index (χ1) is 9.60. The number of hydrogen-bond donors (Lipinski definition) is 2. The van der Waals surface area contributed by atoms with Crippen molar-refractivity contribution in [3.63, 3.8) is 0 Å². The number of carboxylic acids is 1. The molecule has 106 valence electrons. The molecule has 3 N–H and O–H groups in total. The smallest absolute Gasteiger partial charge is 0.326 e. The number of para-hydroxylation sites is 1. The van der Waals surface area contributed by atoms with Crippen LogP contribution in [0.1, 0.15) is 31.4 Å². The number of nitrogens with two attached hydrogens (primary N) is 1. The van der Waals surface area contributed by atoms with Crippen LogP contribution in [0, 0.1) is 0 Å². The zero-order valence-electron chi connectivity index (χ0n) is 11.4. The number of carboxylic acid groups (broad SMARTS) is 1. The monoisotopic (exact) mass is 274 g/mol. The maximum Gasteiger partial charge on any atom is 0.326 e. The molecule has 1 atom stereocenters. The molecule has 0 aliphatic rings. The molecular weight excluding hydrogens is 256 g/mol. The molecule has 20 heavy (non-hydrogen) atoms. The second kappa shape index (κ2) is 5.88. The Bertz CT molecular complexity index is 691. The number of rotatable bonds is 5. The molecule has 0 bridgehead atoms. The van der Waals surface area contributed by atoms with Crippen molar-refractivity contribution in [2.24, 2.45) is 5.73 Å². The number of nitrogens with zero attached hydrogens (tertiary/aromatic N) is 1. The van der Waals surface area contributed by atoms with E-state index in [2.05, 4.69) is 0 Å². The van der Waals surface area contributed by atoms with E-state index in [0.29, 0.717) is 23.9 Å². The lowest BCUT2D eigenvalue weighted by Gasteiger charge is -2.19. The molecule has 2 rings (SSSR count). The highest BCUT2D eigenvalue weighted by Crippen LogP contribution is 2.20. The fraction of sp³-hybridized carbons (Fsp3) is 0.333. The zero-order valence-corrected chi connectivity index (χ0v) is 11.4. The van der Waals surface area contributed by atoms with Crippen molar-refractivity contribution in [3.05, 3.63) is 46.2 Å². The summed E-state index contributed by atoms with van der Waals surface area (Å²) in [7, 11) is 0. The van der Waals surface area contributed by atoms with Gasteiger partial charge in [0.2, 0.25) is 0 Å². The summed E-state index contributed by atoms with van der Waals surface area (Å²) in [6, 6.07) is 8.15. The first kappa shape index (κ1) is 14.3. The van der Waals surface area contributed by atoms with E-state index in [1.165, 1.54) is 4.57 Å². The van der Waals surface area contributed by atoms with Crippen molar-refractivity contribution in [1.82, 2.24) is 4.57 Å². The molecule has 0 aliphatic carbocycles. The van der Waals surface area contributed by atoms with E-state index >= 15 is 0 Å². The first-order valence-electron chi connectivity index (χ1n) is 6.66. The molecule has 0 fully saturated rings. The summed E-state index contributed by atoms with van der Waals surface area (Å²) in [5, 5.41) is 10.2. The molecule has 0 saturated carbocycles. The largest absolute Gasteiger partial charge is 0.480 e. The van der Waals surface area contributed by atoms with Crippen LogP contribution in [-0.4, -0.2) is 15.6 Å². The molecule has 0 spiro atoms. The molecule has 1 unspecified atom stereocenters. The van der Waals surface area contributed by atoms with Gasteiger partial charge in [-0.15, -0.1) is 0 Å². The van der Waals surface area contributed by atoms with Gasteiger partial charge in [0.15, 0.2) is 0 Å². The maximum absolute atomic E-state index is 12.5. The predicted octanol–water partition coefficient (Wildman–Crippen LogP) is 1.89. The zero-order chi connectivity index (χ0) is 14.7. The molecule has 2 aromatic rings. The Kier molecular flexibility index (Phi) is 4.20. The van der Waals surface area contributed by atoms with Crippen LogP contribution < -0.4 is 11.3 Å². The molecule has 1 aromatic carbocycles. The van der Waals surface area contributed by atoms with E-state index < -0.39 is 12.0 Å². The third kappa shape index (κ3) is 2.44. The number of pyridine rings is 1. The van der Waals surface area contributed by atoms with Crippen LogP contribution >= 0.6 is 0 Å². The number of aliphatic carboxylic acids is 1. The summed E-state index contributed by atoms with van der Waals surface area (Å²) in [5.74, 6) is -0.992. The summed E-state index contributed by atoms with van der Waals surface area (Å²) in [6.45, 7) is 2.00. The van der Waals surface area contributed by atoms with Gasteiger partial charge in [0.05, 0.1) is 5.52 Å². The molecule has 1 heterocycles. The maximum atomic E-state index is 12.5. The van der Waals surface area contributed by atoms with Gasteiger partial charge in [-0.1, -0.05) is 31.5 Å². The highest BCUT2D eigenvalue weighted by molar-refractivity contribution is 5.82. The van der Waals surface area contributed by atoms with Crippen molar-refractivity contribution in [1.29, 1.82) is 0 Å². The molecule has 5 heteroatoms. The SMILES string of the molecule is CCCC(C(=O)O)n1c(=O)c(CN)cc2ccccc21. The number of hydrogen-bond acceptors (Lipinski definition) is 3. The van der Waals surface area contributed by atoms with Gasteiger partial charge in [-0.2, -0.15) is 0 Å². The van der Waals surface area contributed by atoms with Gasteiger partial charge in [-0.25, -0.2) is 4.79 Å². The fourth-order valence-corrected chi connectivity index (χ4v) is 2.43. The summed E-state index contributed by atoms with van der Waals surface area (Å²) < 4.78 is 1.36. The van der Waals surface area contributed by atoms with Gasteiger partial charge in [0.1, 0.15) is 6.04 Å². The molecular formula is C15H18N2O3. The van der Waals surface area contributed by atoms with Crippen molar-refractivity contribution < 1.29 is 9.90 Å². The highest BCUT2D eigenvalue weighted by Gasteiger charge is 2.22.